The van der Waals surface area contributed by atoms with Crippen molar-refractivity contribution in [1.29, 1.82) is 0 Å². The number of hydrogen-bond donors (Lipinski definition) is 1. The highest BCUT2D eigenvalue weighted by Gasteiger charge is 2.07. The van der Waals surface area contributed by atoms with Gasteiger partial charge in [0.25, 0.3) is 5.91 Å². The summed E-state index contributed by atoms with van der Waals surface area (Å²) >= 11 is 6.71. The molecule has 0 radical (unpaired) electrons. The molecule has 4 nitrogen and oxygen atoms in total. The monoisotopic (exact) mass is 371 g/mol. The van der Waals surface area contributed by atoms with Crippen LogP contribution < -0.4 is 5.32 Å². The van der Waals surface area contributed by atoms with Gasteiger partial charge in [0.2, 0.25) is 0 Å². The number of hydrogen-bond acceptors (Lipinski definition) is 2. The molecule has 0 aliphatic heterocycles. The molecule has 0 aliphatic rings. The van der Waals surface area contributed by atoms with Crippen molar-refractivity contribution < 1.29 is 4.79 Å². The molecule has 0 atom stereocenters. The Morgan fingerprint density at radius 3 is 2.56 bits per heavy atom. The zero-order valence-corrected chi connectivity index (χ0v) is 12.8. The van der Waals surface area contributed by atoms with Gasteiger partial charge in [-0.05, 0) is 18.2 Å². The molecule has 0 spiro atoms. The third-order valence-corrected chi connectivity index (χ3v) is 3.25. The van der Waals surface area contributed by atoms with Gasteiger partial charge in [0.1, 0.15) is 0 Å². The molecule has 0 unspecified atom stereocenters. The first-order valence-corrected chi connectivity index (χ1v) is 6.85. The second kappa shape index (κ2) is 5.67. The highest BCUT2D eigenvalue weighted by atomic mass is 79.9. The molecule has 94 valence electrons. The van der Waals surface area contributed by atoms with Crippen LogP contribution in [-0.2, 0) is 13.6 Å². The van der Waals surface area contributed by atoms with Crippen LogP contribution in [0.1, 0.15) is 15.9 Å². The summed E-state index contributed by atoms with van der Waals surface area (Å²) in [5, 5.41) is 6.89. The van der Waals surface area contributed by atoms with E-state index in [1.807, 2.05) is 19.3 Å². The van der Waals surface area contributed by atoms with E-state index < -0.39 is 0 Å². The number of nitrogens with one attached hydrogen (secondary N) is 1. The van der Waals surface area contributed by atoms with Crippen LogP contribution in [0.15, 0.2) is 39.5 Å². The molecule has 1 N–H and O–H groups in total. The molecule has 0 fully saturated rings. The van der Waals surface area contributed by atoms with Gasteiger partial charge in [-0.3, -0.25) is 9.48 Å². The molecular weight excluding hydrogens is 362 g/mol. The fourth-order valence-electron chi connectivity index (χ4n) is 1.53. The van der Waals surface area contributed by atoms with E-state index in [1.165, 1.54) is 0 Å². The smallest absolute Gasteiger partial charge is 0.251 e. The Kier molecular flexibility index (Phi) is 4.19. The number of nitrogens with zero attached hydrogens (tertiary/aromatic N) is 2. The normalized spacial score (nSPS) is 10.4. The number of halogens is 2. The van der Waals surface area contributed by atoms with Crippen LogP contribution in [0, 0.1) is 0 Å². The van der Waals surface area contributed by atoms with Gasteiger partial charge in [0, 0.05) is 39.9 Å². The lowest BCUT2D eigenvalue weighted by atomic mass is 10.2. The minimum atomic E-state index is -0.110. The average Bonchev–Trinajstić information content (AvgIpc) is 2.70. The molecule has 6 heteroatoms. The van der Waals surface area contributed by atoms with Crippen molar-refractivity contribution in [2.24, 2.45) is 7.05 Å². The molecule has 0 saturated heterocycles. The Morgan fingerprint density at radius 1 is 1.33 bits per heavy atom. The predicted octanol–water partition coefficient (Wildman–Crippen LogP) is 2.88. The fourth-order valence-corrected chi connectivity index (χ4v) is 2.83. The van der Waals surface area contributed by atoms with E-state index >= 15 is 0 Å². The highest BCUT2D eigenvalue weighted by Crippen LogP contribution is 2.20. The molecule has 2 aromatic rings. The molecule has 0 saturated carbocycles. The number of carbonyl (C=O) groups is 1. The lowest BCUT2D eigenvalue weighted by molar-refractivity contribution is 0.0951. The van der Waals surface area contributed by atoms with Crippen molar-refractivity contribution >= 4 is 37.8 Å². The van der Waals surface area contributed by atoms with Crippen molar-refractivity contribution in [2.45, 2.75) is 6.54 Å². The minimum Gasteiger partial charge on any atom is -0.348 e. The van der Waals surface area contributed by atoms with Crippen molar-refractivity contribution in [3.63, 3.8) is 0 Å². The van der Waals surface area contributed by atoms with Crippen LogP contribution in [0.2, 0.25) is 0 Å². The van der Waals surface area contributed by atoms with Gasteiger partial charge in [-0.15, -0.1) is 0 Å². The highest BCUT2D eigenvalue weighted by molar-refractivity contribution is 9.11. The van der Waals surface area contributed by atoms with Crippen LogP contribution in [0.3, 0.4) is 0 Å². The van der Waals surface area contributed by atoms with Crippen molar-refractivity contribution in [3.8, 4) is 0 Å². The number of benzene rings is 1. The van der Waals surface area contributed by atoms with E-state index in [0.29, 0.717) is 12.1 Å². The van der Waals surface area contributed by atoms with E-state index in [2.05, 4.69) is 42.3 Å². The van der Waals surface area contributed by atoms with Gasteiger partial charge in [-0.25, -0.2) is 0 Å². The third kappa shape index (κ3) is 3.43. The van der Waals surface area contributed by atoms with E-state index in [9.17, 15) is 4.79 Å². The molecule has 1 heterocycles. The number of aromatic nitrogens is 2. The maximum atomic E-state index is 11.9. The molecule has 1 aromatic carbocycles. The Hall–Kier alpha value is -1.14. The van der Waals surface area contributed by atoms with Crippen molar-refractivity contribution in [1.82, 2.24) is 15.1 Å². The van der Waals surface area contributed by atoms with E-state index in [4.69, 9.17) is 0 Å². The summed E-state index contributed by atoms with van der Waals surface area (Å²) in [6.07, 6.45) is 3.61. The lowest BCUT2D eigenvalue weighted by Crippen LogP contribution is -2.22. The van der Waals surface area contributed by atoms with Gasteiger partial charge in [0.05, 0.1) is 6.20 Å². The first-order valence-electron chi connectivity index (χ1n) is 5.26. The number of rotatable bonds is 3. The number of aryl methyl sites for hydroxylation is 1. The van der Waals surface area contributed by atoms with Gasteiger partial charge >= 0.3 is 0 Å². The summed E-state index contributed by atoms with van der Waals surface area (Å²) in [6, 6.07) is 5.45. The first-order chi connectivity index (χ1) is 8.54. The topological polar surface area (TPSA) is 46.9 Å². The summed E-state index contributed by atoms with van der Waals surface area (Å²) in [5.74, 6) is -0.110. The van der Waals surface area contributed by atoms with Crippen LogP contribution in [0.5, 0.6) is 0 Å². The summed E-state index contributed by atoms with van der Waals surface area (Å²) in [7, 11) is 1.84. The van der Waals surface area contributed by atoms with Crippen molar-refractivity contribution in [2.75, 3.05) is 0 Å². The number of amides is 1. The summed E-state index contributed by atoms with van der Waals surface area (Å²) in [5.41, 5.74) is 1.58. The zero-order valence-electron chi connectivity index (χ0n) is 9.65. The third-order valence-electron chi connectivity index (χ3n) is 2.34. The first kappa shape index (κ1) is 13.3. The van der Waals surface area contributed by atoms with Gasteiger partial charge < -0.3 is 5.32 Å². The van der Waals surface area contributed by atoms with Crippen molar-refractivity contribution in [3.05, 3.63) is 50.7 Å². The second-order valence-corrected chi connectivity index (χ2v) is 5.69. The van der Waals surface area contributed by atoms with E-state index in [0.717, 1.165) is 14.5 Å². The zero-order chi connectivity index (χ0) is 13.1. The Labute approximate surface area is 122 Å². The van der Waals surface area contributed by atoms with Crippen LogP contribution in [0.25, 0.3) is 0 Å². The SMILES string of the molecule is Cn1cc(CNC(=O)c2cc(Br)cc(Br)c2)cn1. The van der Waals surface area contributed by atoms with Gasteiger partial charge in [0.15, 0.2) is 0 Å². The van der Waals surface area contributed by atoms with E-state index in [1.54, 1.807) is 23.0 Å². The van der Waals surface area contributed by atoms with Crippen LogP contribution >= 0.6 is 31.9 Å². The maximum Gasteiger partial charge on any atom is 0.251 e. The van der Waals surface area contributed by atoms with Crippen LogP contribution in [0.4, 0.5) is 0 Å². The molecule has 0 aliphatic carbocycles. The Morgan fingerprint density at radius 2 is 2.00 bits per heavy atom. The quantitative estimate of drug-likeness (QED) is 0.900. The molecular formula is C12H11Br2N3O. The lowest BCUT2D eigenvalue weighted by Gasteiger charge is -2.05. The largest absolute Gasteiger partial charge is 0.348 e. The van der Waals surface area contributed by atoms with Gasteiger partial charge in [-0.1, -0.05) is 31.9 Å². The molecule has 0 bridgehead atoms. The molecule has 1 aromatic heterocycles. The average molecular weight is 373 g/mol. The standard InChI is InChI=1S/C12H11Br2N3O/c1-17-7-8(6-16-17)5-15-12(18)9-2-10(13)4-11(14)3-9/h2-4,6-7H,5H2,1H3,(H,15,18). The Balaban J connectivity index is 2.03. The second-order valence-electron chi connectivity index (χ2n) is 3.86. The Bertz CT molecular complexity index is 560. The maximum absolute atomic E-state index is 11.9. The molecule has 1 amide bonds. The predicted molar refractivity (Wildman–Crippen MR) is 76.2 cm³/mol. The molecule has 18 heavy (non-hydrogen) atoms. The minimum absolute atomic E-state index is 0.110. The van der Waals surface area contributed by atoms with E-state index in [-0.39, 0.29) is 5.91 Å². The van der Waals surface area contributed by atoms with Gasteiger partial charge in [-0.2, -0.15) is 5.10 Å². The summed E-state index contributed by atoms with van der Waals surface area (Å²) < 4.78 is 3.43. The summed E-state index contributed by atoms with van der Waals surface area (Å²) in [6.45, 7) is 0.469. The van der Waals surface area contributed by atoms with Crippen LogP contribution in [-0.4, -0.2) is 15.7 Å². The molecule has 2 rings (SSSR count). The fraction of sp³-hybridized carbons (Fsp3) is 0.167. The summed E-state index contributed by atoms with van der Waals surface area (Å²) in [4.78, 5) is 11.9. The number of carbonyl (C=O) groups excluding carboxylic acids is 1.